The second-order valence-corrected chi connectivity index (χ2v) is 8.00. The molecular weight excluding hydrogens is 404 g/mol. The molecule has 3 aromatic rings. The van der Waals surface area contributed by atoms with E-state index in [9.17, 15) is 9.59 Å². The van der Waals surface area contributed by atoms with Crippen LogP contribution in [0.1, 0.15) is 15.9 Å². The highest BCUT2D eigenvalue weighted by atomic mass is 35.5. The molecule has 0 aliphatic carbocycles. The molecule has 1 heterocycles. The number of halogens is 1. The topological polar surface area (TPSA) is 60.7 Å². The summed E-state index contributed by atoms with van der Waals surface area (Å²) in [4.78, 5) is 30.3. The van der Waals surface area contributed by atoms with Crippen LogP contribution in [-0.2, 0) is 16.1 Å². The molecule has 0 N–H and O–H groups in total. The Morgan fingerprint density at radius 2 is 1.93 bits per heavy atom. The number of hydrogen-bond donors (Lipinski definition) is 0. The summed E-state index contributed by atoms with van der Waals surface area (Å²) < 4.78 is 7.26. The maximum Gasteiger partial charge on any atom is 0.325 e. The van der Waals surface area contributed by atoms with Gasteiger partial charge in [0.25, 0.3) is 5.91 Å². The van der Waals surface area contributed by atoms with E-state index in [1.54, 1.807) is 34.5 Å². The number of thiazole rings is 1. The van der Waals surface area contributed by atoms with Gasteiger partial charge in [-0.3, -0.25) is 9.59 Å². The number of carbonyl (C=O) groups is 2. The van der Waals surface area contributed by atoms with Crippen molar-refractivity contribution in [2.75, 3.05) is 13.4 Å². The van der Waals surface area contributed by atoms with Gasteiger partial charge in [0.1, 0.15) is 6.54 Å². The number of rotatable bonds is 4. The fourth-order valence-corrected chi connectivity index (χ4v) is 4.42. The summed E-state index contributed by atoms with van der Waals surface area (Å²) in [6.45, 7) is 1.88. The van der Waals surface area contributed by atoms with Crippen molar-refractivity contribution in [1.82, 2.24) is 4.57 Å². The summed E-state index contributed by atoms with van der Waals surface area (Å²) in [5.74, 6) is -0.797. The van der Waals surface area contributed by atoms with Gasteiger partial charge in [0.2, 0.25) is 0 Å². The Morgan fingerprint density at radius 1 is 1.22 bits per heavy atom. The zero-order valence-corrected chi connectivity index (χ0v) is 17.4. The molecule has 0 fully saturated rings. The van der Waals surface area contributed by atoms with Crippen molar-refractivity contribution in [1.29, 1.82) is 0 Å². The molecule has 2 aromatic carbocycles. The molecule has 0 bridgehead atoms. The molecule has 0 atom stereocenters. The molecule has 0 radical (unpaired) electrons. The maximum atomic E-state index is 12.6. The Labute approximate surface area is 169 Å². The van der Waals surface area contributed by atoms with Crippen molar-refractivity contribution in [2.45, 2.75) is 18.4 Å². The average Bonchev–Trinajstić information content (AvgIpc) is 3.03. The lowest BCUT2D eigenvalue weighted by Crippen LogP contribution is -2.22. The van der Waals surface area contributed by atoms with Crippen LogP contribution in [0.3, 0.4) is 0 Å². The quantitative estimate of drug-likeness (QED) is 0.466. The summed E-state index contributed by atoms with van der Waals surface area (Å²) in [6.07, 6.45) is 1.97. The molecule has 8 heteroatoms. The molecule has 0 saturated heterocycles. The first-order chi connectivity index (χ1) is 12.9. The van der Waals surface area contributed by atoms with E-state index >= 15 is 0 Å². The first-order valence-corrected chi connectivity index (χ1v) is 10.4. The average molecular weight is 421 g/mol. The molecule has 0 saturated carbocycles. The number of hydrogen-bond acceptors (Lipinski definition) is 5. The Hall–Kier alpha value is -2.09. The van der Waals surface area contributed by atoms with Gasteiger partial charge in [0.15, 0.2) is 4.80 Å². The third kappa shape index (κ3) is 4.10. The molecule has 3 rings (SSSR count). The van der Waals surface area contributed by atoms with E-state index < -0.39 is 5.97 Å². The smallest absolute Gasteiger partial charge is 0.325 e. The van der Waals surface area contributed by atoms with E-state index in [1.165, 1.54) is 18.4 Å². The number of aryl methyl sites for hydroxylation is 1. The minimum Gasteiger partial charge on any atom is -0.468 e. The number of ether oxygens (including phenoxy) is 1. The number of nitrogens with zero attached hydrogens (tertiary/aromatic N) is 2. The Morgan fingerprint density at radius 3 is 2.56 bits per heavy atom. The van der Waals surface area contributed by atoms with E-state index in [4.69, 9.17) is 16.3 Å². The van der Waals surface area contributed by atoms with Crippen LogP contribution in [0.25, 0.3) is 10.2 Å². The van der Waals surface area contributed by atoms with Crippen molar-refractivity contribution in [2.24, 2.45) is 4.99 Å². The number of carbonyl (C=O) groups excluding carboxylic acids is 2. The Bertz CT molecular complexity index is 1080. The third-order valence-corrected chi connectivity index (χ3v) is 6.31. The van der Waals surface area contributed by atoms with Crippen molar-refractivity contribution >= 4 is 56.8 Å². The fourth-order valence-electron chi connectivity index (χ4n) is 2.63. The van der Waals surface area contributed by atoms with Crippen LogP contribution < -0.4 is 4.80 Å². The zero-order valence-electron chi connectivity index (χ0n) is 15.0. The molecule has 1 aromatic heterocycles. The molecule has 0 aliphatic heterocycles. The fraction of sp³-hybridized carbons (Fsp3) is 0.211. The second kappa shape index (κ2) is 8.29. The van der Waals surface area contributed by atoms with Crippen LogP contribution >= 0.6 is 34.7 Å². The largest absolute Gasteiger partial charge is 0.468 e. The van der Waals surface area contributed by atoms with Gasteiger partial charge >= 0.3 is 5.97 Å². The summed E-state index contributed by atoms with van der Waals surface area (Å²) in [5, 5.41) is 0.553. The number of fused-ring (bicyclic) bond motifs is 1. The third-order valence-electron chi connectivity index (χ3n) is 4.03. The number of benzene rings is 2. The lowest BCUT2D eigenvalue weighted by Gasteiger charge is -2.06. The lowest BCUT2D eigenvalue weighted by molar-refractivity contribution is -0.141. The molecule has 140 valence electrons. The highest BCUT2D eigenvalue weighted by molar-refractivity contribution is 7.98. The highest BCUT2D eigenvalue weighted by Gasteiger charge is 2.16. The van der Waals surface area contributed by atoms with Gasteiger partial charge in [0.05, 0.1) is 22.3 Å². The summed E-state index contributed by atoms with van der Waals surface area (Å²) in [6, 6.07) is 10.9. The number of aromatic nitrogens is 1. The van der Waals surface area contributed by atoms with Crippen LogP contribution in [0.15, 0.2) is 46.3 Å². The van der Waals surface area contributed by atoms with E-state index in [-0.39, 0.29) is 12.5 Å². The molecule has 5 nitrogen and oxygen atoms in total. The van der Waals surface area contributed by atoms with E-state index in [2.05, 4.69) is 4.99 Å². The number of amides is 1. The summed E-state index contributed by atoms with van der Waals surface area (Å²) >= 11 is 9.20. The van der Waals surface area contributed by atoms with Crippen molar-refractivity contribution in [3.05, 3.63) is 57.3 Å². The molecule has 0 spiro atoms. The van der Waals surface area contributed by atoms with Crippen LogP contribution in [0.5, 0.6) is 0 Å². The molecule has 0 unspecified atom stereocenters. The maximum absolute atomic E-state index is 12.6. The highest BCUT2D eigenvalue weighted by Crippen LogP contribution is 2.29. The SMILES string of the molecule is COC(=O)Cn1c(=NC(=O)c2ccc(SC)cc2)sc2c(Cl)ccc(C)c21. The first kappa shape index (κ1) is 19.7. The van der Waals surface area contributed by atoms with Gasteiger partial charge in [-0.2, -0.15) is 4.99 Å². The molecule has 27 heavy (non-hydrogen) atoms. The van der Waals surface area contributed by atoms with E-state index in [0.717, 1.165) is 20.7 Å². The van der Waals surface area contributed by atoms with Crippen LogP contribution in [-0.4, -0.2) is 29.8 Å². The van der Waals surface area contributed by atoms with Crippen molar-refractivity contribution in [3.8, 4) is 0 Å². The van der Waals surface area contributed by atoms with E-state index in [1.807, 2.05) is 31.4 Å². The Kier molecular flexibility index (Phi) is 6.04. The Balaban J connectivity index is 2.16. The van der Waals surface area contributed by atoms with Crippen molar-refractivity contribution in [3.63, 3.8) is 0 Å². The first-order valence-electron chi connectivity index (χ1n) is 8.03. The van der Waals surface area contributed by atoms with Gasteiger partial charge in [-0.05, 0) is 49.1 Å². The summed E-state index contributed by atoms with van der Waals surface area (Å²) in [5.41, 5.74) is 2.20. The van der Waals surface area contributed by atoms with Crippen LogP contribution in [0, 0.1) is 6.92 Å². The predicted octanol–water partition coefficient (Wildman–Crippen LogP) is 4.30. The predicted molar refractivity (Wildman–Crippen MR) is 110 cm³/mol. The molecule has 0 aliphatic rings. The second-order valence-electron chi connectivity index (χ2n) is 5.73. The molecule has 1 amide bonds. The van der Waals surface area contributed by atoms with Gasteiger partial charge in [-0.15, -0.1) is 11.8 Å². The molecular formula is C19H17ClN2O3S2. The zero-order chi connectivity index (χ0) is 19.6. The normalized spacial score (nSPS) is 11.8. The number of esters is 1. The van der Waals surface area contributed by atoms with Gasteiger partial charge < -0.3 is 9.30 Å². The number of thioether (sulfide) groups is 1. The van der Waals surface area contributed by atoms with Crippen molar-refractivity contribution < 1.29 is 14.3 Å². The number of methoxy groups -OCH3 is 1. The standard InChI is InChI=1S/C19H17ClN2O3S2/c1-11-4-9-14(20)17-16(11)22(10-15(23)25-2)19(27-17)21-18(24)12-5-7-13(26-3)8-6-12/h4-9H,10H2,1-3H3. The van der Waals surface area contributed by atoms with Crippen LogP contribution in [0.4, 0.5) is 0 Å². The summed E-state index contributed by atoms with van der Waals surface area (Å²) in [7, 11) is 1.33. The van der Waals surface area contributed by atoms with E-state index in [0.29, 0.717) is 15.4 Å². The minimum atomic E-state index is -0.424. The van der Waals surface area contributed by atoms with Crippen LogP contribution in [0.2, 0.25) is 5.02 Å². The van der Waals surface area contributed by atoms with Gasteiger partial charge in [-0.25, -0.2) is 0 Å². The van der Waals surface area contributed by atoms with Gasteiger partial charge in [0, 0.05) is 10.5 Å². The monoisotopic (exact) mass is 420 g/mol. The minimum absolute atomic E-state index is 0.0464. The lowest BCUT2D eigenvalue weighted by atomic mass is 10.2. The van der Waals surface area contributed by atoms with Gasteiger partial charge in [-0.1, -0.05) is 29.0 Å².